The van der Waals surface area contributed by atoms with Gasteiger partial charge < -0.3 is 9.84 Å². The molecule has 3 nitrogen and oxygen atoms in total. The molecule has 0 radical (unpaired) electrons. The molecule has 0 saturated heterocycles. The maximum absolute atomic E-state index is 11.6. The van der Waals surface area contributed by atoms with Gasteiger partial charge in [0.2, 0.25) is 0 Å². The number of rotatable bonds is 6. The smallest absolute Gasteiger partial charge is 0.140 e. The van der Waals surface area contributed by atoms with Crippen LogP contribution in [-0.4, -0.2) is 29.7 Å². The van der Waals surface area contributed by atoms with Crippen LogP contribution in [0.5, 0.6) is 0 Å². The third-order valence-electron chi connectivity index (χ3n) is 2.37. The molecule has 15 heavy (non-hydrogen) atoms. The number of Topliss-reactive ketones (excluding diaryl/α,β-unsaturated/α-hetero) is 1. The molecule has 0 saturated carbocycles. The molecule has 0 fully saturated rings. The van der Waals surface area contributed by atoms with Gasteiger partial charge in [-0.1, -0.05) is 20.8 Å². The number of carbonyl (C=O) groups is 1. The van der Waals surface area contributed by atoms with Gasteiger partial charge in [-0.3, -0.25) is 4.79 Å². The molecule has 0 spiro atoms. The average molecular weight is 216 g/mol. The lowest BCUT2D eigenvalue weighted by atomic mass is 9.89. The summed E-state index contributed by atoms with van der Waals surface area (Å²) in [6.07, 6.45) is 1.04. The van der Waals surface area contributed by atoms with Gasteiger partial charge in [0, 0.05) is 18.4 Å². The fourth-order valence-electron chi connectivity index (χ4n) is 1.14. The normalized spacial score (nSPS) is 12.9. The van der Waals surface area contributed by atoms with Crippen molar-refractivity contribution in [3.8, 4) is 0 Å². The van der Waals surface area contributed by atoms with Crippen LogP contribution >= 0.6 is 0 Å². The van der Waals surface area contributed by atoms with Crippen LogP contribution in [0.3, 0.4) is 0 Å². The minimum absolute atomic E-state index is 0.111. The number of hydrogen-bond acceptors (Lipinski definition) is 3. The predicted molar refractivity (Wildman–Crippen MR) is 60.8 cm³/mol. The lowest BCUT2D eigenvalue weighted by Crippen LogP contribution is -2.29. The molecule has 3 heteroatoms. The van der Waals surface area contributed by atoms with E-state index in [2.05, 4.69) is 0 Å². The summed E-state index contributed by atoms with van der Waals surface area (Å²) < 4.78 is 5.55. The van der Waals surface area contributed by atoms with Gasteiger partial charge in [-0.2, -0.15) is 0 Å². The third kappa shape index (κ3) is 6.63. The largest absolute Gasteiger partial charge is 0.396 e. The van der Waals surface area contributed by atoms with Gasteiger partial charge in [0.1, 0.15) is 5.78 Å². The van der Waals surface area contributed by atoms with Gasteiger partial charge in [0.15, 0.2) is 0 Å². The zero-order valence-electron chi connectivity index (χ0n) is 10.6. The van der Waals surface area contributed by atoms with Crippen LogP contribution in [0, 0.1) is 5.41 Å². The van der Waals surface area contributed by atoms with Crippen molar-refractivity contribution in [1.82, 2.24) is 0 Å². The monoisotopic (exact) mass is 216 g/mol. The zero-order valence-corrected chi connectivity index (χ0v) is 10.6. The molecule has 90 valence electrons. The molecule has 0 amide bonds. The Kier molecular flexibility index (Phi) is 5.46. The molecule has 1 N–H and O–H groups in total. The van der Waals surface area contributed by atoms with Gasteiger partial charge in [0.05, 0.1) is 12.2 Å². The summed E-state index contributed by atoms with van der Waals surface area (Å²) in [4.78, 5) is 11.6. The first-order valence-corrected chi connectivity index (χ1v) is 5.47. The Morgan fingerprint density at radius 2 is 1.73 bits per heavy atom. The van der Waals surface area contributed by atoms with Crippen LogP contribution in [-0.2, 0) is 9.53 Å². The molecule has 0 unspecified atom stereocenters. The van der Waals surface area contributed by atoms with Crippen molar-refractivity contribution in [3.63, 3.8) is 0 Å². The minimum atomic E-state index is -0.340. The second-order valence-corrected chi connectivity index (χ2v) is 5.50. The summed E-state index contributed by atoms with van der Waals surface area (Å²) in [7, 11) is 0. The molecule has 0 atom stereocenters. The van der Waals surface area contributed by atoms with E-state index in [1.807, 2.05) is 34.6 Å². The summed E-state index contributed by atoms with van der Waals surface area (Å²) in [5.41, 5.74) is -0.628. The Labute approximate surface area is 92.8 Å². The zero-order chi connectivity index (χ0) is 12.1. The summed E-state index contributed by atoms with van der Waals surface area (Å²) in [5.74, 6) is 0.210. The molecule has 0 aromatic heterocycles. The van der Waals surface area contributed by atoms with E-state index in [9.17, 15) is 4.79 Å². The van der Waals surface area contributed by atoms with Crippen molar-refractivity contribution in [2.24, 2.45) is 5.41 Å². The first-order valence-electron chi connectivity index (χ1n) is 5.47. The fourth-order valence-corrected chi connectivity index (χ4v) is 1.14. The average Bonchev–Trinajstić information content (AvgIpc) is 2.01. The van der Waals surface area contributed by atoms with E-state index in [1.165, 1.54) is 0 Å². The minimum Gasteiger partial charge on any atom is -0.396 e. The van der Waals surface area contributed by atoms with E-state index in [4.69, 9.17) is 9.84 Å². The van der Waals surface area contributed by atoms with E-state index in [0.29, 0.717) is 19.4 Å². The van der Waals surface area contributed by atoms with Crippen LogP contribution < -0.4 is 0 Å². The van der Waals surface area contributed by atoms with Crippen molar-refractivity contribution in [2.45, 2.75) is 53.1 Å². The van der Waals surface area contributed by atoms with E-state index < -0.39 is 0 Å². The van der Waals surface area contributed by atoms with Crippen LogP contribution in [0.2, 0.25) is 0 Å². The molecule has 0 aliphatic carbocycles. The SMILES string of the molecule is CC(C)(CCO)OCCC(=O)C(C)(C)C. The van der Waals surface area contributed by atoms with Crippen LogP contribution in [0.25, 0.3) is 0 Å². The first-order chi connectivity index (χ1) is 6.69. The third-order valence-corrected chi connectivity index (χ3v) is 2.37. The number of ether oxygens (including phenoxy) is 1. The van der Waals surface area contributed by atoms with Gasteiger partial charge in [0.25, 0.3) is 0 Å². The topological polar surface area (TPSA) is 46.5 Å². The van der Waals surface area contributed by atoms with E-state index in [0.717, 1.165) is 0 Å². The lowest BCUT2D eigenvalue weighted by Gasteiger charge is -2.25. The van der Waals surface area contributed by atoms with Gasteiger partial charge in [-0.05, 0) is 20.3 Å². The maximum atomic E-state index is 11.6. The molecule has 0 aliphatic rings. The standard InChI is InChI=1S/C12H24O3/c1-11(2,3)10(14)6-9-15-12(4,5)7-8-13/h13H,6-9H2,1-5H3. The highest BCUT2D eigenvalue weighted by Gasteiger charge is 2.22. The van der Waals surface area contributed by atoms with Crippen molar-refractivity contribution in [2.75, 3.05) is 13.2 Å². The highest BCUT2D eigenvalue weighted by molar-refractivity contribution is 5.83. The molecule has 0 aromatic rings. The number of carbonyl (C=O) groups excluding carboxylic acids is 1. The highest BCUT2D eigenvalue weighted by atomic mass is 16.5. The van der Waals surface area contributed by atoms with Crippen molar-refractivity contribution in [3.05, 3.63) is 0 Å². The summed E-state index contributed by atoms with van der Waals surface area (Å²) in [6, 6.07) is 0. The predicted octanol–water partition coefficient (Wildman–Crippen LogP) is 2.17. The number of aliphatic hydroxyl groups is 1. The van der Waals surface area contributed by atoms with Crippen molar-refractivity contribution >= 4 is 5.78 Å². The van der Waals surface area contributed by atoms with Crippen molar-refractivity contribution < 1.29 is 14.6 Å². The Balaban J connectivity index is 3.85. The van der Waals surface area contributed by atoms with Crippen LogP contribution in [0.1, 0.15) is 47.5 Å². The molecule has 0 rings (SSSR count). The molecular weight excluding hydrogens is 192 g/mol. The quantitative estimate of drug-likeness (QED) is 0.740. The van der Waals surface area contributed by atoms with E-state index >= 15 is 0 Å². The molecule has 0 aliphatic heterocycles. The summed E-state index contributed by atoms with van der Waals surface area (Å²) in [6.45, 7) is 10.1. The summed E-state index contributed by atoms with van der Waals surface area (Å²) >= 11 is 0. The number of hydrogen-bond donors (Lipinski definition) is 1. The Bertz CT molecular complexity index is 201. The van der Waals surface area contributed by atoms with E-state index in [-0.39, 0.29) is 23.4 Å². The second kappa shape index (κ2) is 5.61. The van der Waals surface area contributed by atoms with Crippen molar-refractivity contribution in [1.29, 1.82) is 0 Å². The van der Waals surface area contributed by atoms with Gasteiger partial charge >= 0.3 is 0 Å². The molecule has 0 aromatic carbocycles. The molecule has 0 heterocycles. The highest BCUT2D eigenvalue weighted by Crippen LogP contribution is 2.18. The summed E-state index contributed by atoms with van der Waals surface area (Å²) in [5, 5.41) is 8.79. The number of ketones is 1. The molecular formula is C12H24O3. The van der Waals surface area contributed by atoms with Crippen LogP contribution in [0.4, 0.5) is 0 Å². The Hall–Kier alpha value is -0.410. The van der Waals surface area contributed by atoms with Gasteiger partial charge in [-0.15, -0.1) is 0 Å². The Morgan fingerprint density at radius 3 is 2.13 bits per heavy atom. The Morgan fingerprint density at radius 1 is 1.20 bits per heavy atom. The second-order valence-electron chi connectivity index (χ2n) is 5.50. The van der Waals surface area contributed by atoms with E-state index in [1.54, 1.807) is 0 Å². The lowest BCUT2D eigenvalue weighted by molar-refractivity contribution is -0.129. The fraction of sp³-hybridized carbons (Fsp3) is 0.917. The first kappa shape index (κ1) is 14.6. The maximum Gasteiger partial charge on any atom is 0.140 e. The van der Waals surface area contributed by atoms with Gasteiger partial charge in [-0.25, -0.2) is 0 Å². The number of aliphatic hydroxyl groups excluding tert-OH is 1. The molecule has 0 bridgehead atoms. The van der Waals surface area contributed by atoms with Crippen LogP contribution in [0.15, 0.2) is 0 Å².